The summed E-state index contributed by atoms with van der Waals surface area (Å²) in [6, 6.07) is 14.4. The lowest BCUT2D eigenvalue weighted by Gasteiger charge is -2.35. The SMILES string of the molecule is CCCCC1CN(C(=O)[C@@H]2CNC(=O)N2C(=O)OCc2ccccc2)Cc2c1nc(-c1ccc(Cl)cc1)[nH]c2=O. The molecule has 2 aromatic carbocycles. The topological polar surface area (TPSA) is 125 Å². The Morgan fingerprint density at radius 3 is 2.58 bits per heavy atom. The molecule has 1 saturated heterocycles. The van der Waals surface area contributed by atoms with E-state index in [1.54, 1.807) is 41.3 Å². The number of carbonyl (C=O) groups is 3. The number of carbonyl (C=O) groups excluding carboxylic acids is 3. The van der Waals surface area contributed by atoms with E-state index in [9.17, 15) is 19.2 Å². The number of aromatic nitrogens is 2. The van der Waals surface area contributed by atoms with Gasteiger partial charge in [-0.25, -0.2) is 19.5 Å². The van der Waals surface area contributed by atoms with Gasteiger partial charge in [-0.05, 0) is 36.2 Å². The zero-order valence-electron chi connectivity index (χ0n) is 22.1. The second-order valence-electron chi connectivity index (χ2n) is 9.96. The van der Waals surface area contributed by atoms with E-state index in [0.29, 0.717) is 28.6 Å². The molecule has 3 aromatic rings. The van der Waals surface area contributed by atoms with Gasteiger partial charge in [0.2, 0.25) is 5.91 Å². The standard InChI is InChI=1S/C29H30ClN5O5/c1-2-3-9-20-15-34(16-22-24(20)32-25(33-26(22)36)19-10-12-21(30)13-11-19)27(37)23-14-31-28(38)35(23)29(39)40-17-18-7-5-4-6-8-18/h4-8,10-13,20,23H,2-3,9,14-17H2,1H3,(H,31,38)(H,32,33,36)/t20?,23-/m0/s1. The molecular weight excluding hydrogens is 534 g/mol. The van der Waals surface area contributed by atoms with E-state index in [0.717, 1.165) is 35.3 Å². The number of amides is 4. The average Bonchev–Trinajstić information content (AvgIpc) is 3.36. The van der Waals surface area contributed by atoms with Crippen molar-refractivity contribution in [2.24, 2.45) is 0 Å². The minimum absolute atomic E-state index is 0.0254. The summed E-state index contributed by atoms with van der Waals surface area (Å²) in [4.78, 5) is 62.5. The molecule has 208 valence electrons. The van der Waals surface area contributed by atoms with Gasteiger partial charge in [-0.3, -0.25) is 9.59 Å². The number of hydrogen-bond acceptors (Lipinski definition) is 6. The van der Waals surface area contributed by atoms with E-state index in [1.165, 1.54) is 0 Å². The molecule has 4 amide bonds. The normalized spacial score (nSPS) is 18.3. The number of imide groups is 1. The molecular formula is C29H30ClN5O5. The predicted octanol–water partition coefficient (Wildman–Crippen LogP) is 4.44. The first-order chi connectivity index (χ1) is 19.4. The number of unbranched alkanes of at least 4 members (excludes halogenated alkanes) is 1. The number of benzene rings is 2. The lowest BCUT2D eigenvalue weighted by atomic mass is 9.90. The highest BCUT2D eigenvalue weighted by atomic mass is 35.5. The van der Waals surface area contributed by atoms with Gasteiger partial charge in [0.1, 0.15) is 18.5 Å². The highest BCUT2D eigenvalue weighted by Gasteiger charge is 2.44. The monoisotopic (exact) mass is 563 g/mol. The number of nitrogens with one attached hydrogen (secondary N) is 2. The van der Waals surface area contributed by atoms with Crippen LogP contribution in [0.15, 0.2) is 59.4 Å². The number of H-pyrrole nitrogens is 1. The van der Waals surface area contributed by atoms with Crippen LogP contribution in [-0.4, -0.2) is 56.9 Å². The van der Waals surface area contributed by atoms with E-state index in [2.05, 4.69) is 17.2 Å². The number of aromatic amines is 1. The van der Waals surface area contributed by atoms with Gasteiger partial charge in [0, 0.05) is 29.6 Å². The molecule has 1 fully saturated rings. The van der Waals surface area contributed by atoms with E-state index in [1.807, 2.05) is 18.2 Å². The first kappa shape index (κ1) is 27.4. The summed E-state index contributed by atoms with van der Waals surface area (Å²) in [6.45, 7) is 2.35. The summed E-state index contributed by atoms with van der Waals surface area (Å²) in [5, 5.41) is 3.15. The van der Waals surface area contributed by atoms with Gasteiger partial charge < -0.3 is 19.9 Å². The summed E-state index contributed by atoms with van der Waals surface area (Å²) in [5.41, 5.74) is 2.25. The summed E-state index contributed by atoms with van der Waals surface area (Å²) in [7, 11) is 0. The molecule has 1 unspecified atom stereocenters. The molecule has 2 aliphatic rings. The first-order valence-electron chi connectivity index (χ1n) is 13.3. The molecule has 0 aliphatic carbocycles. The number of ether oxygens (including phenoxy) is 1. The number of hydrogen-bond donors (Lipinski definition) is 2. The van der Waals surface area contributed by atoms with Gasteiger partial charge in [0.25, 0.3) is 5.56 Å². The van der Waals surface area contributed by atoms with Crippen LogP contribution in [0, 0.1) is 0 Å². The number of fused-ring (bicyclic) bond motifs is 1. The van der Waals surface area contributed by atoms with Crippen LogP contribution in [0.2, 0.25) is 5.02 Å². The fourth-order valence-electron chi connectivity index (χ4n) is 5.11. The molecule has 0 radical (unpaired) electrons. The van der Waals surface area contributed by atoms with Crippen molar-refractivity contribution in [2.75, 3.05) is 13.1 Å². The fourth-order valence-corrected chi connectivity index (χ4v) is 5.24. The fraction of sp³-hybridized carbons (Fsp3) is 0.345. The number of nitrogens with zero attached hydrogens (tertiary/aromatic N) is 3. The van der Waals surface area contributed by atoms with Gasteiger partial charge in [-0.1, -0.05) is 61.7 Å². The van der Waals surface area contributed by atoms with Gasteiger partial charge in [-0.2, -0.15) is 0 Å². The molecule has 10 nitrogen and oxygen atoms in total. The van der Waals surface area contributed by atoms with Crippen molar-refractivity contribution in [3.05, 3.63) is 86.8 Å². The summed E-state index contributed by atoms with van der Waals surface area (Å²) in [5.74, 6) is -0.160. The molecule has 2 aliphatic heterocycles. The molecule has 5 rings (SSSR count). The first-order valence-corrected chi connectivity index (χ1v) is 13.7. The molecule has 1 aromatic heterocycles. The molecule has 2 N–H and O–H groups in total. The Hall–Kier alpha value is -4.18. The zero-order valence-corrected chi connectivity index (χ0v) is 22.8. The summed E-state index contributed by atoms with van der Waals surface area (Å²) >= 11 is 6.02. The molecule has 3 heterocycles. The minimum atomic E-state index is -1.08. The molecule has 0 spiro atoms. The zero-order chi connectivity index (χ0) is 28.2. The third-order valence-electron chi connectivity index (χ3n) is 7.22. The summed E-state index contributed by atoms with van der Waals surface area (Å²) < 4.78 is 5.34. The molecule has 0 saturated carbocycles. The van der Waals surface area contributed by atoms with Crippen LogP contribution in [0.5, 0.6) is 0 Å². The van der Waals surface area contributed by atoms with Gasteiger partial charge >= 0.3 is 12.1 Å². The largest absolute Gasteiger partial charge is 0.444 e. The predicted molar refractivity (Wildman–Crippen MR) is 149 cm³/mol. The van der Waals surface area contributed by atoms with E-state index < -0.39 is 24.1 Å². The smallest absolute Gasteiger partial charge is 0.419 e. The average molecular weight is 564 g/mol. The maximum atomic E-state index is 13.7. The third kappa shape index (κ3) is 5.72. The lowest BCUT2D eigenvalue weighted by Crippen LogP contribution is -2.52. The molecule has 0 bridgehead atoms. The van der Waals surface area contributed by atoms with Gasteiger partial charge in [0.15, 0.2) is 0 Å². The van der Waals surface area contributed by atoms with Crippen molar-refractivity contribution >= 4 is 29.6 Å². The van der Waals surface area contributed by atoms with E-state index >= 15 is 0 Å². The van der Waals surface area contributed by atoms with E-state index in [4.69, 9.17) is 21.3 Å². The Morgan fingerprint density at radius 2 is 1.85 bits per heavy atom. The summed E-state index contributed by atoms with van der Waals surface area (Å²) in [6.07, 6.45) is 1.66. The molecule has 2 atom stereocenters. The van der Waals surface area contributed by atoms with Gasteiger partial charge in [-0.15, -0.1) is 0 Å². The van der Waals surface area contributed by atoms with Crippen LogP contribution in [0.1, 0.15) is 48.9 Å². The van der Waals surface area contributed by atoms with Gasteiger partial charge in [0.05, 0.1) is 17.8 Å². The van der Waals surface area contributed by atoms with Crippen molar-refractivity contribution in [1.29, 1.82) is 0 Å². The van der Waals surface area contributed by atoms with Crippen molar-refractivity contribution in [2.45, 2.75) is 51.3 Å². The Balaban J connectivity index is 1.38. The molecule has 40 heavy (non-hydrogen) atoms. The van der Waals surface area contributed by atoms with Crippen molar-refractivity contribution < 1.29 is 19.1 Å². The number of halogens is 1. The lowest BCUT2D eigenvalue weighted by molar-refractivity contribution is -0.136. The number of urea groups is 1. The second-order valence-corrected chi connectivity index (χ2v) is 10.4. The maximum absolute atomic E-state index is 13.7. The highest BCUT2D eigenvalue weighted by molar-refractivity contribution is 6.30. The van der Waals surface area contributed by atoms with Crippen LogP contribution in [0.25, 0.3) is 11.4 Å². The second kappa shape index (κ2) is 11.9. The van der Waals surface area contributed by atoms with Crippen LogP contribution >= 0.6 is 11.6 Å². The Labute approximate surface area is 236 Å². The highest BCUT2D eigenvalue weighted by Crippen LogP contribution is 2.31. The van der Waals surface area contributed by atoms with Crippen molar-refractivity contribution in [1.82, 2.24) is 25.1 Å². The maximum Gasteiger partial charge on any atom is 0.419 e. The Morgan fingerprint density at radius 1 is 1.10 bits per heavy atom. The third-order valence-corrected chi connectivity index (χ3v) is 7.48. The van der Waals surface area contributed by atoms with Crippen LogP contribution < -0.4 is 10.9 Å². The minimum Gasteiger partial charge on any atom is -0.444 e. The van der Waals surface area contributed by atoms with Crippen LogP contribution in [-0.2, 0) is 22.7 Å². The van der Waals surface area contributed by atoms with Crippen molar-refractivity contribution in [3.8, 4) is 11.4 Å². The molecule has 11 heteroatoms. The Kier molecular flexibility index (Phi) is 8.16. The van der Waals surface area contributed by atoms with Crippen LogP contribution in [0.4, 0.5) is 9.59 Å². The quantitative estimate of drug-likeness (QED) is 0.438. The van der Waals surface area contributed by atoms with Crippen LogP contribution in [0.3, 0.4) is 0 Å². The number of rotatable bonds is 7. The van der Waals surface area contributed by atoms with E-state index in [-0.39, 0.29) is 31.2 Å². The Bertz CT molecular complexity index is 1460. The van der Waals surface area contributed by atoms with Crippen molar-refractivity contribution in [3.63, 3.8) is 0 Å².